The third kappa shape index (κ3) is 4.07. The molecule has 3 aliphatic heterocycles. The molecule has 1 unspecified atom stereocenters. The Morgan fingerprint density at radius 3 is 2.48 bits per heavy atom. The van der Waals surface area contributed by atoms with Crippen LogP contribution in [0.3, 0.4) is 0 Å². The Hall–Kier alpha value is -2.61. The van der Waals surface area contributed by atoms with Gasteiger partial charge in [0.05, 0.1) is 5.69 Å². The van der Waals surface area contributed by atoms with Crippen LogP contribution in [0.5, 0.6) is 0 Å². The first-order valence-electron chi connectivity index (χ1n) is 10.5. The molecule has 0 aromatic heterocycles. The zero-order valence-electron chi connectivity index (χ0n) is 17.1. The first kappa shape index (κ1) is 19.7. The van der Waals surface area contributed by atoms with Crippen molar-refractivity contribution in [1.82, 2.24) is 15.7 Å². The van der Waals surface area contributed by atoms with Crippen molar-refractivity contribution in [2.45, 2.75) is 38.8 Å². The Balaban J connectivity index is 1.68. The van der Waals surface area contributed by atoms with Gasteiger partial charge in [0.25, 0.3) is 5.91 Å². The van der Waals surface area contributed by atoms with Gasteiger partial charge in [-0.1, -0.05) is 12.1 Å². The molecule has 8 nitrogen and oxygen atoms in total. The normalized spacial score (nSPS) is 26.3. The number of carbonyl (C=O) groups excluding carboxylic acids is 2. The Labute approximate surface area is 171 Å². The fourth-order valence-electron chi connectivity index (χ4n) is 4.59. The number of hydrogen-bond donors (Lipinski definition) is 2. The zero-order chi connectivity index (χ0) is 20.4. The van der Waals surface area contributed by atoms with Crippen molar-refractivity contribution in [3.05, 3.63) is 29.8 Å². The van der Waals surface area contributed by atoms with E-state index in [4.69, 9.17) is 9.83 Å². The molecule has 2 amide bonds. The summed E-state index contributed by atoms with van der Waals surface area (Å²) in [6.07, 6.45) is 3.42. The molecule has 1 aromatic rings. The summed E-state index contributed by atoms with van der Waals surface area (Å²) in [5.41, 5.74) is 4.32. The van der Waals surface area contributed by atoms with Gasteiger partial charge in [-0.3, -0.25) is 4.79 Å². The van der Waals surface area contributed by atoms with E-state index in [1.165, 1.54) is 25.7 Å². The fourth-order valence-corrected chi connectivity index (χ4v) is 4.59. The fraction of sp³-hybridized carbons (Fsp3) is 0.571. The third-order valence-corrected chi connectivity index (χ3v) is 6.13. The maximum atomic E-state index is 13.0. The predicted octanol–water partition coefficient (Wildman–Crippen LogP) is 2.11. The summed E-state index contributed by atoms with van der Waals surface area (Å²) in [5.74, 6) is 1.86. The van der Waals surface area contributed by atoms with E-state index in [-0.39, 0.29) is 5.91 Å². The summed E-state index contributed by atoms with van der Waals surface area (Å²) in [5, 5.41) is 2.54. The minimum Gasteiger partial charge on any atom is -0.356 e. The lowest BCUT2D eigenvalue weighted by Gasteiger charge is -2.27. The topological polar surface area (TPSA) is 86.3 Å². The molecule has 0 spiro atoms. The second kappa shape index (κ2) is 8.41. The van der Waals surface area contributed by atoms with Crippen LogP contribution >= 0.6 is 0 Å². The van der Waals surface area contributed by atoms with Crippen LogP contribution in [0.4, 0.5) is 10.5 Å². The Morgan fingerprint density at radius 2 is 1.83 bits per heavy atom. The number of benzodiazepines with no additional fused rings is 1. The lowest BCUT2D eigenvalue weighted by atomic mass is 9.84. The number of hydroxylamine groups is 1. The number of aliphatic imine (C=N–C) groups is 1. The van der Waals surface area contributed by atoms with Crippen LogP contribution in [0.2, 0.25) is 0 Å². The molecular weight excluding hydrogens is 370 g/mol. The molecule has 1 atom stereocenters. The van der Waals surface area contributed by atoms with Crippen LogP contribution in [0.25, 0.3) is 0 Å². The molecule has 2 bridgehead atoms. The van der Waals surface area contributed by atoms with Gasteiger partial charge < -0.3 is 20.0 Å². The third-order valence-electron chi connectivity index (χ3n) is 6.13. The summed E-state index contributed by atoms with van der Waals surface area (Å²) >= 11 is 0. The summed E-state index contributed by atoms with van der Waals surface area (Å²) in [6.45, 7) is 4.14. The van der Waals surface area contributed by atoms with Crippen LogP contribution < -0.4 is 15.7 Å². The summed E-state index contributed by atoms with van der Waals surface area (Å²) in [7, 11) is 1.73. The number of para-hydroxylation sites is 1. The number of rotatable bonds is 3. The number of amides is 2. The van der Waals surface area contributed by atoms with Gasteiger partial charge >= 0.3 is 6.09 Å². The lowest BCUT2D eigenvalue weighted by molar-refractivity contribution is -0.122. The molecule has 3 heterocycles. The molecule has 8 heteroatoms. The van der Waals surface area contributed by atoms with Gasteiger partial charge in [-0.25, -0.2) is 9.79 Å². The first-order valence-corrected chi connectivity index (χ1v) is 10.5. The summed E-state index contributed by atoms with van der Waals surface area (Å²) < 4.78 is 0. The number of hydrogen-bond acceptors (Lipinski definition) is 6. The standard InChI is InChI=1S/C21H29N5O3/c1-3-22-21(28)29-24-18-20(27)25(2)17-7-5-4-6-16(17)19(23-18)26-12-14-8-9-15(13-26)11-10-14/h4-7,14-15,18,24H,3,8-13H2,1-2H3,(H,22,28). The highest BCUT2D eigenvalue weighted by molar-refractivity contribution is 6.11. The van der Waals surface area contributed by atoms with E-state index in [1.54, 1.807) is 18.9 Å². The largest absolute Gasteiger partial charge is 0.426 e. The maximum Gasteiger partial charge on any atom is 0.426 e. The lowest BCUT2D eigenvalue weighted by Crippen LogP contribution is -2.46. The van der Waals surface area contributed by atoms with Crippen LogP contribution in [-0.2, 0) is 9.63 Å². The van der Waals surface area contributed by atoms with E-state index in [0.29, 0.717) is 18.4 Å². The predicted molar refractivity (Wildman–Crippen MR) is 110 cm³/mol. The highest BCUT2D eigenvalue weighted by Gasteiger charge is 2.36. The summed E-state index contributed by atoms with van der Waals surface area (Å²) in [4.78, 5) is 38.5. The van der Waals surface area contributed by atoms with Crippen molar-refractivity contribution < 1.29 is 14.4 Å². The molecule has 1 aromatic carbocycles. The van der Waals surface area contributed by atoms with E-state index in [2.05, 4.69) is 15.7 Å². The first-order chi connectivity index (χ1) is 14.1. The van der Waals surface area contributed by atoms with Gasteiger partial charge in [-0.05, 0) is 56.6 Å². The molecule has 2 N–H and O–H groups in total. The van der Waals surface area contributed by atoms with Gasteiger partial charge in [0.15, 0.2) is 0 Å². The van der Waals surface area contributed by atoms with Crippen LogP contribution in [-0.4, -0.2) is 55.6 Å². The number of amidine groups is 1. The SMILES string of the molecule is CCNC(=O)ONC1N=C(N2CC3CCC(CC3)C2)c2ccccc2N(C)C1=O. The second-order valence-electron chi connectivity index (χ2n) is 8.10. The number of nitrogens with zero attached hydrogens (tertiary/aromatic N) is 3. The summed E-state index contributed by atoms with van der Waals surface area (Å²) in [6, 6.07) is 7.84. The Bertz CT molecular complexity index is 789. The van der Waals surface area contributed by atoms with Crippen LogP contribution in [0.1, 0.15) is 38.2 Å². The van der Waals surface area contributed by atoms with E-state index < -0.39 is 12.3 Å². The van der Waals surface area contributed by atoms with Crippen LogP contribution in [0.15, 0.2) is 29.3 Å². The van der Waals surface area contributed by atoms with E-state index in [0.717, 1.165) is 30.2 Å². The molecule has 1 aliphatic carbocycles. The number of anilines is 1. The second-order valence-corrected chi connectivity index (χ2v) is 8.10. The highest BCUT2D eigenvalue weighted by atomic mass is 16.7. The van der Waals surface area contributed by atoms with E-state index in [1.807, 2.05) is 24.3 Å². The molecule has 29 heavy (non-hydrogen) atoms. The quantitative estimate of drug-likeness (QED) is 0.761. The number of nitrogens with one attached hydrogen (secondary N) is 2. The maximum absolute atomic E-state index is 13.0. The average molecular weight is 399 g/mol. The van der Waals surface area contributed by atoms with Crippen molar-refractivity contribution in [3.63, 3.8) is 0 Å². The molecule has 0 radical (unpaired) electrons. The smallest absolute Gasteiger partial charge is 0.356 e. The van der Waals surface area contributed by atoms with Crippen molar-refractivity contribution in [2.75, 3.05) is 31.6 Å². The van der Waals surface area contributed by atoms with Crippen molar-refractivity contribution in [2.24, 2.45) is 16.8 Å². The van der Waals surface area contributed by atoms with Crippen molar-refractivity contribution >= 4 is 23.5 Å². The number of likely N-dealkylation sites (N-methyl/N-ethyl adjacent to an activating group) is 1. The van der Waals surface area contributed by atoms with E-state index in [9.17, 15) is 9.59 Å². The monoisotopic (exact) mass is 399 g/mol. The molecular formula is C21H29N5O3. The number of benzene rings is 1. The van der Waals surface area contributed by atoms with Gasteiger partial charge in [0.1, 0.15) is 5.84 Å². The van der Waals surface area contributed by atoms with Crippen molar-refractivity contribution in [1.29, 1.82) is 0 Å². The number of carbonyl (C=O) groups is 2. The molecule has 156 valence electrons. The highest BCUT2D eigenvalue weighted by Crippen LogP contribution is 2.36. The zero-order valence-corrected chi connectivity index (χ0v) is 17.1. The Morgan fingerprint density at radius 1 is 1.17 bits per heavy atom. The Kier molecular flexibility index (Phi) is 5.71. The van der Waals surface area contributed by atoms with Crippen LogP contribution in [0, 0.1) is 11.8 Å². The molecule has 1 saturated carbocycles. The van der Waals surface area contributed by atoms with Gasteiger partial charge in [-0.2, -0.15) is 0 Å². The average Bonchev–Trinajstić information content (AvgIpc) is 3.10. The van der Waals surface area contributed by atoms with Gasteiger partial charge in [-0.15, -0.1) is 5.48 Å². The van der Waals surface area contributed by atoms with E-state index >= 15 is 0 Å². The molecule has 5 rings (SSSR count). The minimum absolute atomic E-state index is 0.269. The molecule has 2 saturated heterocycles. The van der Waals surface area contributed by atoms with Gasteiger partial charge in [0, 0.05) is 32.2 Å². The molecule has 4 aliphatic rings. The van der Waals surface area contributed by atoms with Crippen molar-refractivity contribution in [3.8, 4) is 0 Å². The van der Waals surface area contributed by atoms with Gasteiger partial charge in [0.2, 0.25) is 6.17 Å². The number of fused-ring (bicyclic) bond motifs is 5. The molecule has 3 fully saturated rings. The minimum atomic E-state index is -0.995.